The second-order valence-electron chi connectivity index (χ2n) is 3.64. The van der Waals surface area contributed by atoms with Gasteiger partial charge in [0.2, 0.25) is 17.4 Å². The fourth-order valence-electron chi connectivity index (χ4n) is 1.60. The number of aromatic nitrogens is 1. The molecule has 0 saturated heterocycles. The molecule has 1 aromatic rings. The number of esters is 1. The third-order valence-electron chi connectivity index (χ3n) is 2.38. The van der Waals surface area contributed by atoms with Crippen LogP contribution in [-0.4, -0.2) is 36.2 Å². The van der Waals surface area contributed by atoms with Crippen LogP contribution in [0, 0.1) is 6.92 Å². The Morgan fingerprint density at radius 1 is 1.22 bits per heavy atom. The zero-order valence-corrected chi connectivity index (χ0v) is 10.7. The van der Waals surface area contributed by atoms with Gasteiger partial charge in [0, 0.05) is 12.6 Å². The van der Waals surface area contributed by atoms with Crippen LogP contribution < -0.4 is 4.74 Å². The second kappa shape index (κ2) is 5.48. The number of ketones is 2. The first-order valence-electron chi connectivity index (χ1n) is 5.42. The van der Waals surface area contributed by atoms with E-state index in [-0.39, 0.29) is 23.6 Å². The summed E-state index contributed by atoms with van der Waals surface area (Å²) in [7, 11) is 1.34. The van der Waals surface area contributed by atoms with Crippen molar-refractivity contribution in [1.82, 2.24) is 4.98 Å². The van der Waals surface area contributed by atoms with E-state index in [4.69, 9.17) is 9.47 Å². The molecule has 0 fully saturated rings. The van der Waals surface area contributed by atoms with Crippen molar-refractivity contribution in [3.05, 3.63) is 16.8 Å². The van der Waals surface area contributed by atoms with Crippen LogP contribution in [0.25, 0.3) is 0 Å². The molecule has 1 rings (SSSR count). The molecule has 1 heterocycles. The third kappa shape index (κ3) is 2.42. The molecular formula is C12H15NO5. The molecule has 0 bridgehead atoms. The third-order valence-corrected chi connectivity index (χ3v) is 2.38. The van der Waals surface area contributed by atoms with Crippen LogP contribution in [0.4, 0.5) is 0 Å². The first-order chi connectivity index (χ1) is 8.43. The maximum atomic E-state index is 11.8. The normalized spacial score (nSPS) is 10.0. The Morgan fingerprint density at radius 2 is 1.83 bits per heavy atom. The molecule has 0 unspecified atom stereocenters. The van der Waals surface area contributed by atoms with Crippen LogP contribution in [0.15, 0.2) is 0 Å². The van der Waals surface area contributed by atoms with Crippen molar-refractivity contribution in [2.45, 2.75) is 20.8 Å². The molecule has 0 radical (unpaired) electrons. The average Bonchev–Trinajstić information content (AvgIpc) is 2.65. The maximum absolute atomic E-state index is 11.8. The Hall–Kier alpha value is -2.11. The summed E-state index contributed by atoms with van der Waals surface area (Å²) in [5.41, 5.74) is 0.407. The summed E-state index contributed by atoms with van der Waals surface area (Å²) >= 11 is 0. The van der Waals surface area contributed by atoms with Gasteiger partial charge in [0.25, 0.3) is 0 Å². The van der Waals surface area contributed by atoms with Gasteiger partial charge in [-0.2, -0.15) is 0 Å². The van der Waals surface area contributed by atoms with Gasteiger partial charge < -0.3 is 14.5 Å². The van der Waals surface area contributed by atoms with Crippen LogP contribution >= 0.6 is 0 Å². The Kier molecular flexibility index (Phi) is 4.25. The molecule has 6 heteroatoms. The molecule has 1 aromatic heterocycles. The highest BCUT2D eigenvalue weighted by Crippen LogP contribution is 2.26. The smallest absolute Gasteiger partial charge is 0.340 e. The number of hydrogen-bond donors (Lipinski definition) is 1. The van der Waals surface area contributed by atoms with E-state index in [9.17, 15) is 14.4 Å². The minimum absolute atomic E-state index is 0.0499. The maximum Gasteiger partial charge on any atom is 0.340 e. The molecule has 0 aliphatic rings. The highest BCUT2D eigenvalue weighted by Gasteiger charge is 2.29. The van der Waals surface area contributed by atoms with Gasteiger partial charge in [0.1, 0.15) is 5.56 Å². The highest BCUT2D eigenvalue weighted by molar-refractivity contribution is 6.44. The van der Waals surface area contributed by atoms with Gasteiger partial charge in [-0.1, -0.05) is 0 Å². The van der Waals surface area contributed by atoms with Crippen LogP contribution in [0.2, 0.25) is 0 Å². The summed E-state index contributed by atoms with van der Waals surface area (Å²) in [6.45, 7) is 4.58. The molecule has 1 N–H and O–H groups in total. The molecule has 98 valence electrons. The first kappa shape index (κ1) is 14.0. The van der Waals surface area contributed by atoms with Gasteiger partial charge in [-0.15, -0.1) is 0 Å². The molecule has 0 aromatic carbocycles. The van der Waals surface area contributed by atoms with Crippen molar-refractivity contribution in [3.8, 4) is 5.88 Å². The number of aryl methyl sites for hydroxylation is 1. The van der Waals surface area contributed by atoms with Gasteiger partial charge in [0.05, 0.1) is 19.3 Å². The van der Waals surface area contributed by atoms with E-state index in [1.807, 2.05) is 0 Å². The number of aromatic amines is 1. The Morgan fingerprint density at radius 3 is 2.28 bits per heavy atom. The lowest BCUT2D eigenvalue weighted by atomic mass is 10.0. The number of ether oxygens (including phenoxy) is 2. The van der Waals surface area contributed by atoms with E-state index >= 15 is 0 Å². The SMILES string of the molecule is CCOC(=O)c1c(C)[nH]c(OC)c1C(=O)C(C)=O. The number of methoxy groups -OCH3 is 1. The number of H-pyrrole nitrogens is 1. The van der Waals surface area contributed by atoms with Gasteiger partial charge >= 0.3 is 5.97 Å². The van der Waals surface area contributed by atoms with Crippen molar-refractivity contribution in [1.29, 1.82) is 0 Å². The zero-order valence-electron chi connectivity index (χ0n) is 10.7. The molecule has 0 aliphatic carbocycles. The number of nitrogens with one attached hydrogen (secondary N) is 1. The van der Waals surface area contributed by atoms with Crippen molar-refractivity contribution in [3.63, 3.8) is 0 Å². The lowest BCUT2D eigenvalue weighted by Gasteiger charge is -2.04. The fourth-order valence-corrected chi connectivity index (χ4v) is 1.60. The van der Waals surface area contributed by atoms with E-state index in [0.717, 1.165) is 6.92 Å². The molecule has 0 aliphatic heterocycles. The van der Waals surface area contributed by atoms with Gasteiger partial charge in [0.15, 0.2) is 0 Å². The van der Waals surface area contributed by atoms with E-state index in [2.05, 4.69) is 4.98 Å². The van der Waals surface area contributed by atoms with Crippen molar-refractivity contribution < 1.29 is 23.9 Å². The largest absolute Gasteiger partial charge is 0.482 e. The minimum Gasteiger partial charge on any atom is -0.482 e. The molecule has 6 nitrogen and oxygen atoms in total. The van der Waals surface area contributed by atoms with Gasteiger partial charge in [-0.3, -0.25) is 9.59 Å². The average molecular weight is 253 g/mol. The predicted octanol–water partition coefficient (Wildman–Crippen LogP) is 1.28. The summed E-state index contributed by atoms with van der Waals surface area (Å²) in [6, 6.07) is 0. The number of rotatable bonds is 5. The summed E-state index contributed by atoms with van der Waals surface area (Å²) in [5.74, 6) is -2.01. The second-order valence-corrected chi connectivity index (χ2v) is 3.64. The fraction of sp³-hybridized carbons (Fsp3) is 0.417. The van der Waals surface area contributed by atoms with Crippen LogP contribution in [0.1, 0.15) is 40.3 Å². The summed E-state index contributed by atoms with van der Waals surface area (Å²) in [4.78, 5) is 37.5. The van der Waals surface area contributed by atoms with E-state index in [0.29, 0.717) is 5.69 Å². The summed E-state index contributed by atoms with van der Waals surface area (Å²) in [5, 5.41) is 0. The lowest BCUT2D eigenvalue weighted by molar-refractivity contribution is -0.113. The number of carbonyl (C=O) groups excluding carboxylic acids is 3. The molecule has 0 spiro atoms. The zero-order chi connectivity index (χ0) is 13.9. The first-order valence-corrected chi connectivity index (χ1v) is 5.42. The Balaban J connectivity index is 3.40. The summed E-state index contributed by atoms with van der Waals surface area (Å²) in [6.07, 6.45) is 0. The van der Waals surface area contributed by atoms with Gasteiger partial charge in [-0.05, 0) is 13.8 Å². The van der Waals surface area contributed by atoms with Crippen LogP contribution in [0.3, 0.4) is 0 Å². The molecule has 0 amide bonds. The number of hydrogen-bond acceptors (Lipinski definition) is 5. The standard InChI is InChI=1S/C12H15NO5/c1-5-18-12(16)8-6(2)13-11(17-4)9(8)10(15)7(3)14/h13H,5H2,1-4H3. The van der Waals surface area contributed by atoms with E-state index in [1.165, 1.54) is 7.11 Å². The molecular weight excluding hydrogens is 238 g/mol. The highest BCUT2D eigenvalue weighted by atomic mass is 16.5. The monoisotopic (exact) mass is 253 g/mol. The molecule has 18 heavy (non-hydrogen) atoms. The van der Waals surface area contributed by atoms with Gasteiger partial charge in [-0.25, -0.2) is 4.79 Å². The Bertz CT molecular complexity index is 501. The topological polar surface area (TPSA) is 85.5 Å². The van der Waals surface area contributed by atoms with Crippen molar-refractivity contribution in [2.75, 3.05) is 13.7 Å². The Labute approximate surface area is 104 Å². The van der Waals surface area contributed by atoms with E-state index < -0.39 is 17.5 Å². The lowest BCUT2D eigenvalue weighted by Crippen LogP contribution is -2.16. The quantitative estimate of drug-likeness (QED) is 0.485. The number of carbonyl (C=O) groups is 3. The van der Waals surface area contributed by atoms with Crippen molar-refractivity contribution in [2.24, 2.45) is 0 Å². The van der Waals surface area contributed by atoms with Crippen LogP contribution in [-0.2, 0) is 9.53 Å². The molecule has 0 atom stereocenters. The van der Waals surface area contributed by atoms with E-state index in [1.54, 1.807) is 13.8 Å². The number of Topliss-reactive ketones (excluding diaryl/α,β-unsaturated/α-hetero) is 2. The van der Waals surface area contributed by atoms with Crippen LogP contribution in [0.5, 0.6) is 5.88 Å². The minimum atomic E-state index is -0.778. The van der Waals surface area contributed by atoms with Crippen molar-refractivity contribution >= 4 is 17.5 Å². The summed E-state index contributed by atoms with van der Waals surface area (Å²) < 4.78 is 9.83. The molecule has 0 saturated carbocycles. The predicted molar refractivity (Wildman–Crippen MR) is 63.0 cm³/mol.